The van der Waals surface area contributed by atoms with E-state index in [0.717, 1.165) is 12.8 Å². The predicted octanol–water partition coefficient (Wildman–Crippen LogP) is 4.51. The van der Waals surface area contributed by atoms with Crippen LogP contribution in [0.3, 0.4) is 0 Å². The monoisotopic (exact) mass is 391 g/mol. The highest BCUT2D eigenvalue weighted by Crippen LogP contribution is 2.45. The number of carboxylic acid groups (broad SMARTS) is 1. The summed E-state index contributed by atoms with van der Waals surface area (Å²) in [6.45, 7) is 0.997. The molecule has 1 amide bonds. The van der Waals surface area contributed by atoms with E-state index in [1.165, 1.54) is 22.3 Å². The molecule has 150 valence electrons. The lowest BCUT2D eigenvalue weighted by molar-refractivity contribution is -0.143. The molecule has 0 bridgehead atoms. The Morgan fingerprint density at radius 1 is 0.966 bits per heavy atom. The number of aliphatic carboxylic acids is 1. The van der Waals surface area contributed by atoms with Gasteiger partial charge in [-0.15, -0.1) is 0 Å². The van der Waals surface area contributed by atoms with Crippen LogP contribution in [0.15, 0.2) is 48.5 Å². The molecule has 0 radical (unpaired) electrons. The third-order valence-corrected chi connectivity index (χ3v) is 7.00. The summed E-state index contributed by atoms with van der Waals surface area (Å²) < 4.78 is 5.82. The number of rotatable bonds is 3. The van der Waals surface area contributed by atoms with Crippen LogP contribution in [-0.2, 0) is 9.53 Å². The van der Waals surface area contributed by atoms with Crippen molar-refractivity contribution in [3.8, 4) is 11.1 Å². The molecule has 5 nitrogen and oxygen atoms in total. The first kappa shape index (κ1) is 18.2. The fourth-order valence-electron chi connectivity index (χ4n) is 5.57. The smallest absolute Gasteiger partial charge is 0.410 e. The van der Waals surface area contributed by atoms with Crippen molar-refractivity contribution in [1.29, 1.82) is 0 Å². The summed E-state index contributed by atoms with van der Waals surface area (Å²) in [5, 5.41) is 9.29. The molecule has 3 atom stereocenters. The van der Waals surface area contributed by atoms with E-state index in [9.17, 15) is 14.7 Å². The molecule has 1 saturated carbocycles. The van der Waals surface area contributed by atoms with E-state index in [-0.39, 0.29) is 29.9 Å². The van der Waals surface area contributed by atoms with Crippen LogP contribution in [0, 0.1) is 11.8 Å². The lowest BCUT2D eigenvalue weighted by Crippen LogP contribution is -2.42. The van der Waals surface area contributed by atoms with Crippen molar-refractivity contribution < 1.29 is 19.4 Å². The zero-order valence-corrected chi connectivity index (χ0v) is 16.3. The van der Waals surface area contributed by atoms with Gasteiger partial charge in [0.1, 0.15) is 6.61 Å². The minimum Gasteiger partial charge on any atom is -0.481 e. The minimum atomic E-state index is -0.706. The number of nitrogens with zero attached hydrogens (tertiary/aromatic N) is 1. The number of ether oxygens (including phenoxy) is 1. The lowest BCUT2D eigenvalue weighted by Gasteiger charge is -2.33. The Hall–Kier alpha value is -2.82. The quantitative estimate of drug-likeness (QED) is 0.836. The number of carboxylic acids is 1. The van der Waals surface area contributed by atoms with E-state index in [0.29, 0.717) is 26.0 Å². The Labute approximate surface area is 170 Å². The van der Waals surface area contributed by atoms with Gasteiger partial charge in [-0.25, -0.2) is 4.79 Å². The van der Waals surface area contributed by atoms with Gasteiger partial charge in [-0.2, -0.15) is 0 Å². The van der Waals surface area contributed by atoms with Gasteiger partial charge in [-0.1, -0.05) is 48.5 Å². The Morgan fingerprint density at radius 2 is 1.62 bits per heavy atom. The molecular formula is C24H25NO4. The molecule has 0 aromatic heterocycles. The van der Waals surface area contributed by atoms with E-state index in [1.54, 1.807) is 0 Å². The van der Waals surface area contributed by atoms with Gasteiger partial charge in [0.25, 0.3) is 0 Å². The molecule has 2 fully saturated rings. The van der Waals surface area contributed by atoms with Crippen molar-refractivity contribution in [3.05, 3.63) is 59.7 Å². The number of hydrogen-bond acceptors (Lipinski definition) is 3. The Morgan fingerprint density at radius 3 is 2.28 bits per heavy atom. The van der Waals surface area contributed by atoms with E-state index >= 15 is 0 Å². The first-order valence-electron chi connectivity index (χ1n) is 10.5. The molecule has 3 unspecified atom stereocenters. The van der Waals surface area contributed by atoms with E-state index in [2.05, 4.69) is 24.3 Å². The van der Waals surface area contributed by atoms with Crippen LogP contribution in [-0.4, -0.2) is 41.3 Å². The fraction of sp³-hybridized carbons (Fsp3) is 0.417. The maximum absolute atomic E-state index is 12.9. The van der Waals surface area contributed by atoms with Gasteiger partial charge >= 0.3 is 12.1 Å². The first-order valence-corrected chi connectivity index (χ1v) is 10.5. The van der Waals surface area contributed by atoms with Crippen molar-refractivity contribution in [1.82, 2.24) is 4.90 Å². The van der Waals surface area contributed by atoms with Crippen molar-refractivity contribution in [2.24, 2.45) is 11.8 Å². The van der Waals surface area contributed by atoms with Crippen molar-refractivity contribution >= 4 is 12.1 Å². The molecule has 1 heterocycles. The van der Waals surface area contributed by atoms with Crippen LogP contribution in [0.2, 0.25) is 0 Å². The summed E-state index contributed by atoms with van der Waals surface area (Å²) in [4.78, 5) is 26.0. The fourth-order valence-corrected chi connectivity index (χ4v) is 5.57. The highest BCUT2D eigenvalue weighted by molar-refractivity contribution is 5.79. The topological polar surface area (TPSA) is 66.8 Å². The Bertz CT molecular complexity index is 910. The average molecular weight is 391 g/mol. The van der Waals surface area contributed by atoms with Gasteiger partial charge in [0.15, 0.2) is 0 Å². The summed E-state index contributed by atoms with van der Waals surface area (Å²) in [5.74, 6) is -0.625. The summed E-state index contributed by atoms with van der Waals surface area (Å²) in [5.41, 5.74) is 4.86. The van der Waals surface area contributed by atoms with Crippen LogP contribution in [0.1, 0.15) is 42.7 Å². The zero-order chi connectivity index (χ0) is 20.0. The second kappa shape index (κ2) is 7.21. The third-order valence-electron chi connectivity index (χ3n) is 7.00. The number of fused-ring (bicyclic) bond motifs is 4. The summed E-state index contributed by atoms with van der Waals surface area (Å²) in [7, 11) is 0. The summed E-state index contributed by atoms with van der Waals surface area (Å²) in [6.07, 6.45) is 2.69. The summed E-state index contributed by atoms with van der Waals surface area (Å²) in [6, 6.07) is 16.8. The van der Waals surface area contributed by atoms with Crippen LogP contribution in [0.4, 0.5) is 4.79 Å². The number of amides is 1. The number of carbonyl (C=O) groups is 2. The van der Waals surface area contributed by atoms with Crippen LogP contribution in [0.5, 0.6) is 0 Å². The molecule has 1 saturated heterocycles. The molecule has 2 aromatic carbocycles. The van der Waals surface area contributed by atoms with E-state index in [1.807, 2.05) is 29.2 Å². The molecule has 5 heteroatoms. The lowest BCUT2D eigenvalue weighted by atomic mass is 9.78. The van der Waals surface area contributed by atoms with Gasteiger partial charge in [-0.05, 0) is 53.9 Å². The molecule has 2 aromatic rings. The second-order valence-electron chi connectivity index (χ2n) is 8.46. The van der Waals surface area contributed by atoms with E-state index < -0.39 is 5.97 Å². The molecular weight excluding hydrogens is 366 g/mol. The van der Waals surface area contributed by atoms with Gasteiger partial charge < -0.3 is 14.7 Å². The molecule has 2 aliphatic carbocycles. The third kappa shape index (κ3) is 3.09. The highest BCUT2D eigenvalue weighted by Gasteiger charge is 2.43. The Kier molecular flexibility index (Phi) is 4.53. The Balaban J connectivity index is 1.28. The normalized spacial score (nSPS) is 25.2. The summed E-state index contributed by atoms with van der Waals surface area (Å²) >= 11 is 0. The predicted molar refractivity (Wildman–Crippen MR) is 109 cm³/mol. The molecule has 5 rings (SSSR count). The van der Waals surface area contributed by atoms with Gasteiger partial charge in [0.2, 0.25) is 0 Å². The molecule has 3 aliphatic rings. The standard InChI is InChI=1S/C24H25NO4/c26-23(27)16-9-10-22-15(13-16)11-12-25(22)24(28)29-14-21-19-7-3-1-5-17(19)18-6-2-4-8-20(18)21/h1-8,15-16,21-22H,9-14H2,(H,26,27). The average Bonchev–Trinajstić information content (AvgIpc) is 3.31. The molecule has 29 heavy (non-hydrogen) atoms. The number of hydrogen-bond donors (Lipinski definition) is 1. The maximum atomic E-state index is 12.9. The molecule has 1 N–H and O–H groups in total. The second-order valence-corrected chi connectivity index (χ2v) is 8.46. The SMILES string of the molecule is O=C(O)C1CCC2C(CCN2C(=O)OCC2c3ccccc3-c3ccccc32)C1. The van der Waals surface area contributed by atoms with Crippen LogP contribution < -0.4 is 0 Å². The molecule has 0 spiro atoms. The van der Waals surface area contributed by atoms with Gasteiger partial charge in [0, 0.05) is 18.5 Å². The molecule has 1 aliphatic heterocycles. The van der Waals surface area contributed by atoms with Crippen molar-refractivity contribution in [3.63, 3.8) is 0 Å². The van der Waals surface area contributed by atoms with Crippen molar-refractivity contribution in [2.45, 2.75) is 37.6 Å². The van der Waals surface area contributed by atoms with Gasteiger partial charge in [0.05, 0.1) is 5.92 Å². The minimum absolute atomic E-state index is 0.0625. The highest BCUT2D eigenvalue weighted by atomic mass is 16.6. The number of benzene rings is 2. The van der Waals surface area contributed by atoms with Crippen LogP contribution >= 0.6 is 0 Å². The van der Waals surface area contributed by atoms with Gasteiger partial charge in [-0.3, -0.25) is 4.79 Å². The van der Waals surface area contributed by atoms with E-state index in [4.69, 9.17) is 4.74 Å². The number of carbonyl (C=O) groups excluding carboxylic acids is 1. The van der Waals surface area contributed by atoms with Crippen molar-refractivity contribution in [2.75, 3.05) is 13.2 Å². The first-order chi connectivity index (χ1) is 14.1. The largest absolute Gasteiger partial charge is 0.481 e. The zero-order valence-electron chi connectivity index (χ0n) is 16.3. The number of likely N-dealkylation sites (tertiary alicyclic amines) is 1. The van der Waals surface area contributed by atoms with Crippen LogP contribution in [0.25, 0.3) is 11.1 Å². The maximum Gasteiger partial charge on any atom is 0.410 e.